The zero-order valence-corrected chi connectivity index (χ0v) is 18.1. The molecule has 0 bridgehead atoms. The first kappa shape index (κ1) is 22.9. The summed E-state index contributed by atoms with van der Waals surface area (Å²) >= 11 is 0. The first-order chi connectivity index (χ1) is 13.4. The summed E-state index contributed by atoms with van der Waals surface area (Å²) in [5, 5.41) is 0. The van der Waals surface area contributed by atoms with Crippen LogP contribution in [0.4, 0.5) is 0 Å². The molecule has 9 nitrogen and oxygen atoms in total. The highest BCUT2D eigenvalue weighted by Crippen LogP contribution is 2.39. The van der Waals surface area contributed by atoms with Crippen LogP contribution < -0.4 is 11.2 Å². The lowest BCUT2D eigenvalue weighted by molar-refractivity contribution is -0.157. The third kappa shape index (κ3) is 4.77. The fourth-order valence-corrected chi connectivity index (χ4v) is 3.34. The van der Waals surface area contributed by atoms with E-state index in [0.717, 1.165) is 9.13 Å². The van der Waals surface area contributed by atoms with Gasteiger partial charge in [-0.2, -0.15) is 0 Å². The maximum atomic E-state index is 12.8. The van der Waals surface area contributed by atoms with E-state index in [1.165, 1.54) is 20.2 Å². The van der Waals surface area contributed by atoms with Gasteiger partial charge in [0.25, 0.3) is 5.56 Å². The minimum Gasteiger partial charge on any atom is -0.459 e. The molecule has 0 spiro atoms. The molecule has 162 valence electrons. The van der Waals surface area contributed by atoms with Crippen molar-refractivity contribution in [3.63, 3.8) is 0 Å². The maximum absolute atomic E-state index is 12.8. The van der Waals surface area contributed by atoms with Crippen molar-refractivity contribution in [2.75, 3.05) is 0 Å². The quantitative estimate of drug-likeness (QED) is 0.678. The van der Waals surface area contributed by atoms with Gasteiger partial charge in [0, 0.05) is 26.1 Å². The largest absolute Gasteiger partial charge is 0.459 e. The number of carbonyl (C=O) groups excluding carboxylic acids is 2. The second kappa shape index (κ2) is 8.52. The Kier molecular flexibility index (Phi) is 6.72. The topological polar surface area (TPSA) is 106 Å². The van der Waals surface area contributed by atoms with Crippen molar-refractivity contribution >= 4 is 11.9 Å². The van der Waals surface area contributed by atoms with E-state index in [1.54, 1.807) is 20.8 Å². The molecule has 1 aliphatic rings. The normalized spacial score (nSPS) is 24.4. The number of ether oxygens (including phenoxy) is 3. The van der Waals surface area contributed by atoms with Crippen LogP contribution in [0.25, 0.3) is 0 Å². The van der Waals surface area contributed by atoms with E-state index in [4.69, 9.17) is 14.2 Å². The fourth-order valence-electron chi connectivity index (χ4n) is 3.34. The summed E-state index contributed by atoms with van der Waals surface area (Å²) < 4.78 is 18.8. The molecule has 1 aliphatic heterocycles. The van der Waals surface area contributed by atoms with Gasteiger partial charge in [-0.1, -0.05) is 13.8 Å². The zero-order valence-electron chi connectivity index (χ0n) is 18.1. The Labute approximate surface area is 169 Å². The lowest BCUT2D eigenvalue weighted by atomic mass is 9.94. The van der Waals surface area contributed by atoms with Gasteiger partial charge in [0.2, 0.25) is 0 Å². The molecule has 1 aromatic rings. The van der Waals surface area contributed by atoms with Crippen LogP contribution in [0, 0.1) is 11.3 Å². The lowest BCUT2D eigenvalue weighted by Crippen LogP contribution is -2.42. The third-order valence-corrected chi connectivity index (χ3v) is 5.06. The second-order valence-electron chi connectivity index (χ2n) is 8.45. The summed E-state index contributed by atoms with van der Waals surface area (Å²) in [6, 6.07) is 0. The molecule has 0 radical (unpaired) electrons. The minimum absolute atomic E-state index is 0.127. The number of aromatic nitrogens is 2. The van der Waals surface area contributed by atoms with Crippen molar-refractivity contribution in [1.82, 2.24) is 9.13 Å². The van der Waals surface area contributed by atoms with E-state index in [9.17, 15) is 19.2 Å². The summed E-state index contributed by atoms with van der Waals surface area (Å²) in [6.45, 7) is 9.90. The van der Waals surface area contributed by atoms with Crippen molar-refractivity contribution < 1.29 is 23.8 Å². The number of hydrogen-bond acceptors (Lipinski definition) is 7. The van der Waals surface area contributed by atoms with E-state index in [2.05, 4.69) is 0 Å². The predicted molar refractivity (Wildman–Crippen MR) is 104 cm³/mol. The van der Waals surface area contributed by atoms with Gasteiger partial charge in [0.15, 0.2) is 6.73 Å². The highest BCUT2D eigenvalue weighted by atomic mass is 16.6. The molecule has 0 saturated carbocycles. The predicted octanol–water partition coefficient (Wildman–Crippen LogP) is 1.51. The van der Waals surface area contributed by atoms with Gasteiger partial charge in [0.1, 0.15) is 12.2 Å². The van der Waals surface area contributed by atoms with Crippen LogP contribution in [0.5, 0.6) is 0 Å². The molecule has 2 heterocycles. The summed E-state index contributed by atoms with van der Waals surface area (Å²) in [4.78, 5) is 48.9. The van der Waals surface area contributed by atoms with Crippen LogP contribution in [0.1, 0.15) is 59.6 Å². The second-order valence-corrected chi connectivity index (χ2v) is 8.45. The Hall–Kier alpha value is -2.42. The highest BCUT2D eigenvalue weighted by molar-refractivity contribution is 5.75. The van der Waals surface area contributed by atoms with Gasteiger partial charge in [-0.15, -0.1) is 0 Å². The number of hydrogen-bond donors (Lipinski definition) is 0. The van der Waals surface area contributed by atoms with Crippen LogP contribution in [0.15, 0.2) is 15.8 Å². The smallest absolute Gasteiger partial charge is 0.333 e. The number of rotatable bonds is 5. The lowest BCUT2D eigenvalue weighted by Gasteiger charge is -2.22. The molecular weight excluding hydrogens is 380 g/mol. The molecule has 29 heavy (non-hydrogen) atoms. The molecule has 0 aromatic carbocycles. The minimum atomic E-state index is -0.817. The average Bonchev–Trinajstić information content (AvgIpc) is 2.93. The Balaban J connectivity index is 2.45. The molecule has 4 atom stereocenters. The molecule has 0 amide bonds. The number of carbonyl (C=O) groups is 2. The van der Waals surface area contributed by atoms with E-state index in [1.807, 2.05) is 13.8 Å². The van der Waals surface area contributed by atoms with Gasteiger partial charge >= 0.3 is 17.6 Å². The van der Waals surface area contributed by atoms with Gasteiger partial charge in [-0.25, -0.2) is 4.79 Å². The molecule has 2 rings (SSSR count). The highest BCUT2D eigenvalue weighted by Gasteiger charge is 2.45. The van der Waals surface area contributed by atoms with Crippen LogP contribution in [0.2, 0.25) is 0 Å². The van der Waals surface area contributed by atoms with Crippen molar-refractivity contribution in [1.29, 1.82) is 0 Å². The van der Waals surface area contributed by atoms with E-state index in [0.29, 0.717) is 6.42 Å². The third-order valence-electron chi connectivity index (χ3n) is 5.06. The standard InChI is InChI=1S/C20H30N2O7/c1-8-14-11(2)15(28-12(3)23)16(29-14)13-9-22(19(26)21(7)17(13)24)10-27-18(25)20(4,5)6/h9,11,14-16H,8,10H2,1-7H3/t11-,14+,15?,16-/m0/s1. The first-order valence-corrected chi connectivity index (χ1v) is 9.68. The molecule has 0 aliphatic carbocycles. The Morgan fingerprint density at radius 2 is 1.86 bits per heavy atom. The van der Waals surface area contributed by atoms with Crippen LogP contribution in [0.3, 0.4) is 0 Å². The van der Waals surface area contributed by atoms with Gasteiger partial charge in [0.05, 0.1) is 17.1 Å². The molecular formula is C20H30N2O7. The molecule has 0 N–H and O–H groups in total. The van der Waals surface area contributed by atoms with Crippen LogP contribution in [-0.4, -0.2) is 33.3 Å². The Morgan fingerprint density at radius 1 is 1.24 bits per heavy atom. The van der Waals surface area contributed by atoms with Gasteiger partial charge in [-0.05, 0) is 27.2 Å². The maximum Gasteiger partial charge on any atom is 0.333 e. The molecule has 1 saturated heterocycles. The fraction of sp³-hybridized carbons (Fsp3) is 0.700. The SMILES string of the molecule is CC[C@H]1O[C@@H](c2cn(COC(=O)C(C)(C)C)c(=O)n(C)c2=O)C(OC(C)=O)[C@H]1C. The average molecular weight is 410 g/mol. The summed E-state index contributed by atoms with van der Waals surface area (Å²) in [7, 11) is 1.34. The summed E-state index contributed by atoms with van der Waals surface area (Å²) in [6.07, 6.45) is 0.328. The Morgan fingerprint density at radius 3 is 2.38 bits per heavy atom. The van der Waals surface area contributed by atoms with E-state index < -0.39 is 40.8 Å². The van der Waals surface area contributed by atoms with Crippen molar-refractivity contribution in [3.8, 4) is 0 Å². The van der Waals surface area contributed by atoms with Crippen molar-refractivity contribution in [2.45, 2.75) is 73.0 Å². The van der Waals surface area contributed by atoms with Crippen LogP contribution in [-0.2, 0) is 37.6 Å². The number of nitrogens with zero attached hydrogens (tertiary/aromatic N) is 2. The first-order valence-electron chi connectivity index (χ1n) is 9.68. The Bertz CT molecular complexity index is 894. The van der Waals surface area contributed by atoms with Gasteiger partial charge < -0.3 is 14.2 Å². The summed E-state index contributed by atoms with van der Waals surface area (Å²) in [5.74, 6) is -1.08. The molecule has 9 heteroatoms. The monoisotopic (exact) mass is 410 g/mol. The molecule has 1 fully saturated rings. The van der Waals surface area contributed by atoms with Crippen molar-refractivity contribution in [2.24, 2.45) is 18.4 Å². The van der Waals surface area contributed by atoms with Crippen molar-refractivity contribution in [3.05, 3.63) is 32.6 Å². The van der Waals surface area contributed by atoms with E-state index in [-0.39, 0.29) is 24.3 Å². The zero-order chi connectivity index (χ0) is 22.1. The van der Waals surface area contributed by atoms with Crippen LogP contribution >= 0.6 is 0 Å². The molecule has 1 unspecified atom stereocenters. The molecule has 1 aromatic heterocycles. The number of esters is 2. The van der Waals surface area contributed by atoms with E-state index >= 15 is 0 Å². The summed E-state index contributed by atoms with van der Waals surface area (Å²) in [5.41, 5.74) is -1.72. The van der Waals surface area contributed by atoms with Gasteiger partial charge in [-0.3, -0.25) is 23.5 Å².